The molecule has 0 fully saturated rings. The van der Waals surface area contributed by atoms with Gasteiger partial charge in [-0.15, -0.1) is 0 Å². The van der Waals surface area contributed by atoms with Crippen molar-refractivity contribution in [3.63, 3.8) is 0 Å². The lowest BCUT2D eigenvalue weighted by Gasteiger charge is -2.14. The molecule has 0 heterocycles. The van der Waals surface area contributed by atoms with E-state index < -0.39 is 11.7 Å². The van der Waals surface area contributed by atoms with Crippen molar-refractivity contribution in [3.8, 4) is 11.1 Å². The Kier molecular flexibility index (Phi) is 4.68. The van der Waals surface area contributed by atoms with Crippen molar-refractivity contribution < 1.29 is 13.2 Å². The molecule has 0 amide bonds. The summed E-state index contributed by atoms with van der Waals surface area (Å²) in [5.41, 5.74) is 6.80. The minimum absolute atomic E-state index is 0.211. The van der Waals surface area contributed by atoms with Crippen LogP contribution in [0.3, 0.4) is 0 Å². The van der Waals surface area contributed by atoms with Gasteiger partial charge in [0.1, 0.15) is 0 Å². The molecule has 2 aromatic rings. The second kappa shape index (κ2) is 6.31. The van der Waals surface area contributed by atoms with E-state index in [-0.39, 0.29) is 5.56 Å². The number of hydrogen-bond acceptors (Lipinski definition) is 1. The number of hydrogen-bond donors (Lipinski definition) is 1. The topological polar surface area (TPSA) is 26.0 Å². The maximum atomic E-state index is 13.0. The van der Waals surface area contributed by atoms with Crippen LogP contribution in [0.2, 0.25) is 0 Å². The summed E-state index contributed by atoms with van der Waals surface area (Å²) in [6.07, 6.45) is -3.49. The molecule has 0 saturated heterocycles. The maximum Gasteiger partial charge on any atom is 0.417 e. The van der Waals surface area contributed by atoms with E-state index >= 15 is 0 Å². The predicted octanol–water partition coefficient (Wildman–Crippen LogP) is 4.82. The van der Waals surface area contributed by atoms with Crippen molar-refractivity contribution in [2.24, 2.45) is 5.73 Å². The maximum absolute atomic E-state index is 13.0. The van der Waals surface area contributed by atoms with Crippen LogP contribution >= 0.6 is 0 Å². The third-order valence-electron chi connectivity index (χ3n) is 3.62. The Morgan fingerprint density at radius 1 is 1.00 bits per heavy atom. The smallest absolute Gasteiger partial charge is 0.330 e. The lowest BCUT2D eigenvalue weighted by Crippen LogP contribution is -2.07. The van der Waals surface area contributed by atoms with Gasteiger partial charge < -0.3 is 5.73 Å². The molecule has 4 heteroatoms. The van der Waals surface area contributed by atoms with E-state index in [1.54, 1.807) is 18.2 Å². The molecule has 21 heavy (non-hydrogen) atoms. The van der Waals surface area contributed by atoms with Crippen LogP contribution in [0.15, 0.2) is 48.5 Å². The highest BCUT2D eigenvalue weighted by molar-refractivity contribution is 5.68. The van der Waals surface area contributed by atoms with Crippen LogP contribution < -0.4 is 5.73 Å². The number of benzene rings is 2. The third kappa shape index (κ3) is 3.64. The molecule has 0 aliphatic carbocycles. The largest absolute Gasteiger partial charge is 0.417 e. The molecule has 0 aliphatic rings. The fourth-order valence-corrected chi connectivity index (χ4v) is 2.39. The molecule has 112 valence electrons. The monoisotopic (exact) mass is 293 g/mol. The van der Waals surface area contributed by atoms with Crippen LogP contribution in [0, 0.1) is 0 Å². The molecule has 0 radical (unpaired) electrons. The third-order valence-corrected chi connectivity index (χ3v) is 3.62. The molecule has 2 aromatic carbocycles. The molecular weight excluding hydrogens is 275 g/mol. The minimum atomic E-state index is -4.35. The first kappa shape index (κ1) is 15.6. The Bertz CT molecular complexity index is 588. The quantitative estimate of drug-likeness (QED) is 0.859. The van der Waals surface area contributed by atoms with Gasteiger partial charge in [0.15, 0.2) is 0 Å². The second-order valence-corrected chi connectivity index (χ2v) is 5.14. The van der Waals surface area contributed by atoms with Gasteiger partial charge in [0.05, 0.1) is 5.56 Å². The van der Waals surface area contributed by atoms with E-state index in [0.717, 1.165) is 18.1 Å². The molecule has 0 bridgehead atoms. The van der Waals surface area contributed by atoms with E-state index in [1.807, 2.05) is 12.1 Å². The van der Waals surface area contributed by atoms with E-state index in [2.05, 4.69) is 6.92 Å². The highest BCUT2D eigenvalue weighted by Gasteiger charge is 2.33. The predicted molar refractivity (Wildman–Crippen MR) is 79.0 cm³/mol. The molecule has 1 atom stereocenters. The Hall–Kier alpha value is -1.81. The summed E-state index contributed by atoms with van der Waals surface area (Å²) < 4.78 is 39.1. The van der Waals surface area contributed by atoms with Gasteiger partial charge in [-0.1, -0.05) is 49.4 Å². The summed E-state index contributed by atoms with van der Waals surface area (Å²) in [7, 11) is 0. The summed E-state index contributed by atoms with van der Waals surface area (Å²) >= 11 is 0. The van der Waals surface area contributed by atoms with Crippen LogP contribution in [0.1, 0.15) is 30.4 Å². The van der Waals surface area contributed by atoms with Crippen molar-refractivity contribution in [2.75, 3.05) is 6.54 Å². The first-order valence-electron chi connectivity index (χ1n) is 6.90. The van der Waals surface area contributed by atoms with Crippen LogP contribution in [-0.4, -0.2) is 6.54 Å². The lowest BCUT2D eigenvalue weighted by molar-refractivity contribution is -0.137. The minimum Gasteiger partial charge on any atom is -0.330 e. The van der Waals surface area contributed by atoms with E-state index in [0.29, 0.717) is 18.0 Å². The fraction of sp³-hybridized carbons (Fsp3) is 0.294. The molecule has 0 aliphatic heterocycles. The first-order chi connectivity index (χ1) is 9.93. The molecule has 1 nitrogen and oxygen atoms in total. The van der Waals surface area contributed by atoms with Crippen molar-refractivity contribution in [2.45, 2.75) is 25.4 Å². The van der Waals surface area contributed by atoms with Gasteiger partial charge in [-0.25, -0.2) is 0 Å². The highest BCUT2D eigenvalue weighted by Crippen LogP contribution is 2.37. The average Bonchev–Trinajstić information content (AvgIpc) is 2.47. The molecule has 2 N–H and O–H groups in total. The van der Waals surface area contributed by atoms with Crippen molar-refractivity contribution >= 4 is 0 Å². The highest BCUT2D eigenvalue weighted by atomic mass is 19.4. The van der Waals surface area contributed by atoms with Crippen molar-refractivity contribution in [3.05, 3.63) is 59.7 Å². The SMILES string of the molecule is CC(CCN)c1ccc(-c2ccccc2C(F)(F)F)cc1. The zero-order valence-electron chi connectivity index (χ0n) is 11.8. The number of halogens is 3. The summed E-state index contributed by atoms with van der Waals surface area (Å²) in [4.78, 5) is 0. The van der Waals surface area contributed by atoms with Gasteiger partial charge in [-0.2, -0.15) is 13.2 Å². The van der Waals surface area contributed by atoms with Gasteiger partial charge in [-0.05, 0) is 41.6 Å². The lowest BCUT2D eigenvalue weighted by atomic mass is 9.94. The van der Waals surface area contributed by atoms with Crippen LogP contribution in [0.25, 0.3) is 11.1 Å². The summed E-state index contributed by atoms with van der Waals surface area (Å²) in [6, 6.07) is 12.9. The van der Waals surface area contributed by atoms with Crippen LogP contribution in [0.5, 0.6) is 0 Å². The molecule has 0 aromatic heterocycles. The Morgan fingerprint density at radius 3 is 2.19 bits per heavy atom. The zero-order valence-corrected chi connectivity index (χ0v) is 11.8. The summed E-state index contributed by atoms with van der Waals surface area (Å²) in [6.45, 7) is 2.66. The van der Waals surface area contributed by atoms with Crippen LogP contribution in [-0.2, 0) is 6.18 Å². The standard InChI is InChI=1S/C17H18F3N/c1-12(10-11-21)13-6-8-14(9-7-13)15-4-2-3-5-16(15)17(18,19)20/h2-9,12H,10-11,21H2,1H3. The number of alkyl halides is 3. The Morgan fingerprint density at radius 2 is 1.62 bits per heavy atom. The molecule has 0 saturated carbocycles. The van der Waals surface area contributed by atoms with Crippen molar-refractivity contribution in [1.29, 1.82) is 0 Å². The normalized spacial score (nSPS) is 13.2. The van der Waals surface area contributed by atoms with E-state index in [1.165, 1.54) is 12.1 Å². The molecular formula is C17H18F3N. The first-order valence-corrected chi connectivity index (χ1v) is 6.90. The Balaban J connectivity index is 2.36. The zero-order chi connectivity index (χ0) is 15.5. The number of rotatable bonds is 4. The van der Waals surface area contributed by atoms with Gasteiger partial charge >= 0.3 is 6.18 Å². The van der Waals surface area contributed by atoms with E-state index in [4.69, 9.17) is 5.73 Å². The van der Waals surface area contributed by atoms with Gasteiger partial charge in [0.2, 0.25) is 0 Å². The van der Waals surface area contributed by atoms with Crippen LogP contribution in [0.4, 0.5) is 13.2 Å². The molecule has 1 unspecified atom stereocenters. The number of nitrogens with two attached hydrogens (primary N) is 1. The summed E-state index contributed by atoms with van der Waals surface area (Å²) in [5, 5.41) is 0. The van der Waals surface area contributed by atoms with E-state index in [9.17, 15) is 13.2 Å². The second-order valence-electron chi connectivity index (χ2n) is 5.14. The van der Waals surface area contributed by atoms with Crippen molar-refractivity contribution in [1.82, 2.24) is 0 Å². The Labute approximate surface area is 122 Å². The fourth-order valence-electron chi connectivity index (χ4n) is 2.39. The average molecular weight is 293 g/mol. The molecule has 2 rings (SSSR count). The van der Waals surface area contributed by atoms with Gasteiger partial charge in [0.25, 0.3) is 0 Å². The van der Waals surface area contributed by atoms with Gasteiger partial charge in [-0.3, -0.25) is 0 Å². The van der Waals surface area contributed by atoms with Gasteiger partial charge in [0, 0.05) is 0 Å². The summed E-state index contributed by atoms with van der Waals surface area (Å²) in [5.74, 6) is 0.307. The molecule has 0 spiro atoms.